The molecule has 1 N–H and O–H groups in total. The number of hydrogen-bond acceptors (Lipinski definition) is 3. The van der Waals surface area contributed by atoms with Crippen molar-refractivity contribution in [3.8, 4) is 0 Å². The summed E-state index contributed by atoms with van der Waals surface area (Å²) in [6.07, 6.45) is 4.53. The van der Waals surface area contributed by atoms with E-state index in [1.165, 1.54) is 13.5 Å². The molecule has 1 aliphatic carbocycles. The van der Waals surface area contributed by atoms with Gasteiger partial charge in [-0.2, -0.15) is 4.74 Å². The molecule has 1 aliphatic rings. The van der Waals surface area contributed by atoms with Gasteiger partial charge in [0.1, 0.15) is 0 Å². The molecule has 0 heterocycles. The van der Waals surface area contributed by atoms with Crippen LogP contribution in [0, 0.1) is 5.92 Å². The predicted octanol–water partition coefficient (Wildman–Crippen LogP) is 4.93. The van der Waals surface area contributed by atoms with E-state index in [2.05, 4.69) is 11.7 Å². The molecule has 0 aromatic heterocycles. The number of hydrogen-bond donors (Lipinski definition) is 1. The van der Waals surface area contributed by atoms with Gasteiger partial charge in [-0.05, 0) is 29.4 Å². The highest BCUT2D eigenvalue weighted by Gasteiger charge is 2.39. The number of carbonyl (C=O) groups is 1. The maximum Gasteiger partial charge on any atom is 0.432 e. The van der Waals surface area contributed by atoms with Crippen LogP contribution >= 0.6 is 7.05 Å². The molecule has 150 valence electrons. The van der Waals surface area contributed by atoms with Gasteiger partial charge in [0.05, 0.1) is 13.2 Å². The minimum Gasteiger partial charge on any atom is -0.451 e. The predicted molar refractivity (Wildman–Crippen MR) is 116 cm³/mol. The lowest BCUT2D eigenvalue weighted by molar-refractivity contribution is 0.0849. The van der Waals surface area contributed by atoms with Crippen LogP contribution < -0.4 is 10.6 Å². The average Bonchev–Trinajstić information content (AvgIpc) is 2.78. The zero-order valence-electron chi connectivity index (χ0n) is 16.7. The second-order valence-electron chi connectivity index (χ2n) is 7.56. The van der Waals surface area contributed by atoms with E-state index >= 15 is 0 Å². The van der Waals surface area contributed by atoms with Crippen LogP contribution in [0.5, 0.6) is 0 Å². The van der Waals surface area contributed by atoms with Crippen LogP contribution in [-0.2, 0) is 4.74 Å². The zero-order valence-corrected chi connectivity index (χ0v) is 17.6. The van der Waals surface area contributed by atoms with Crippen LogP contribution in [0.25, 0.3) is 0 Å². The van der Waals surface area contributed by atoms with Gasteiger partial charge in [-0.1, -0.05) is 86.8 Å². The first-order valence-corrected chi connectivity index (χ1v) is 11.9. The van der Waals surface area contributed by atoms with Crippen LogP contribution in [0.4, 0.5) is 4.79 Å². The molecule has 0 unspecified atom stereocenters. The minimum atomic E-state index is -2.59. The number of aliphatic hydroxyl groups excluding tert-OH is 1. The lowest BCUT2D eigenvalue weighted by Crippen LogP contribution is -2.38. The highest BCUT2D eigenvalue weighted by atomic mass is 31.2. The molecule has 5 heteroatoms. The third kappa shape index (κ3) is 4.24. The van der Waals surface area contributed by atoms with Crippen LogP contribution in [-0.4, -0.2) is 30.1 Å². The number of rotatable bonds is 5. The molecule has 4 nitrogen and oxygen atoms in total. The first kappa shape index (κ1) is 20.8. The number of nitrogens with zero attached hydrogens (tertiary/aromatic N) is 1. The molecular formula is C23H30NO3P. The molecular weight excluding hydrogens is 369 g/mol. The number of carbonyl (C=O) groups excluding carboxylic acids is 1. The van der Waals surface area contributed by atoms with E-state index < -0.39 is 19.3 Å². The number of methoxy groups -OCH3 is 1. The Morgan fingerprint density at radius 2 is 1.50 bits per heavy atom. The molecule has 0 bridgehead atoms. The van der Waals surface area contributed by atoms with E-state index in [-0.39, 0.29) is 11.6 Å². The Balaban J connectivity index is 2.20. The molecule has 1 saturated carbocycles. The van der Waals surface area contributed by atoms with Gasteiger partial charge in [-0.3, -0.25) is 0 Å². The monoisotopic (exact) mass is 399 g/mol. The van der Waals surface area contributed by atoms with E-state index in [0.29, 0.717) is 0 Å². The van der Waals surface area contributed by atoms with Gasteiger partial charge in [0.2, 0.25) is 0 Å². The Morgan fingerprint density at radius 1 is 1.00 bits per heavy atom. The molecule has 3 rings (SSSR count). The highest BCUT2D eigenvalue weighted by Crippen LogP contribution is 2.55. The van der Waals surface area contributed by atoms with E-state index in [4.69, 9.17) is 4.74 Å². The fourth-order valence-corrected chi connectivity index (χ4v) is 8.33. The summed E-state index contributed by atoms with van der Waals surface area (Å²) in [6.45, 7) is 2.06. The maximum absolute atomic E-state index is 12.4. The molecule has 2 atom stereocenters. The van der Waals surface area contributed by atoms with Crippen molar-refractivity contribution in [2.45, 2.75) is 50.8 Å². The standard InChI is InChI=1S/C23H30NO3P/c1-18(22(25)19-12-6-3-7-13-19)28(24-23(26)27-2,20-14-8-4-9-15-20)21-16-10-5-11-17-21/h4-5,8-11,14-19,22,25H,3,6-7,12-13H2,1-2H3/t18-,22+/m0/s1. The van der Waals surface area contributed by atoms with Gasteiger partial charge in [-0.25, -0.2) is 4.79 Å². The van der Waals surface area contributed by atoms with Gasteiger partial charge < -0.3 is 9.84 Å². The quantitative estimate of drug-likeness (QED) is 0.725. The molecule has 0 radical (unpaired) electrons. The number of ether oxygens (including phenoxy) is 1. The Kier molecular flexibility index (Phi) is 7.09. The van der Waals surface area contributed by atoms with Crippen molar-refractivity contribution in [1.29, 1.82) is 0 Å². The van der Waals surface area contributed by atoms with Crippen LogP contribution in [0.3, 0.4) is 0 Å². The van der Waals surface area contributed by atoms with Gasteiger partial charge in [0, 0.05) is 12.7 Å². The summed E-state index contributed by atoms with van der Waals surface area (Å²) in [5.74, 6) is 0.253. The zero-order chi connectivity index (χ0) is 20.0. The Hall–Kier alpha value is -1.90. The van der Waals surface area contributed by atoms with E-state index in [1.54, 1.807) is 0 Å². The second-order valence-corrected chi connectivity index (χ2v) is 11.0. The van der Waals surface area contributed by atoms with Crippen molar-refractivity contribution in [3.63, 3.8) is 0 Å². The summed E-state index contributed by atoms with van der Waals surface area (Å²) in [4.78, 5) is 12.4. The first-order chi connectivity index (χ1) is 13.6. The smallest absolute Gasteiger partial charge is 0.432 e. The Bertz CT molecular complexity index is 773. The van der Waals surface area contributed by atoms with Crippen molar-refractivity contribution >= 4 is 23.8 Å². The average molecular weight is 399 g/mol. The summed E-state index contributed by atoms with van der Waals surface area (Å²) < 4.78 is 9.64. The summed E-state index contributed by atoms with van der Waals surface area (Å²) in [5, 5.41) is 13.4. The maximum atomic E-state index is 12.4. The van der Waals surface area contributed by atoms with Gasteiger partial charge in [0.15, 0.2) is 0 Å². The molecule has 2 aromatic carbocycles. The van der Waals surface area contributed by atoms with E-state index in [9.17, 15) is 9.90 Å². The summed E-state index contributed by atoms with van der Waals surface area (Å²) in [6, 6.07) is 19.9. The van der Waals surface area contributed by atoms with E-state index in [1.807, 2.05) is 60.7 Å². The lowest BCUT2D eigenvalue weighted by Gasteiger charge is -2.38. The minimum absolute atomic E-state index is 0.181. The fraction of sp³-hybridized carbons (Fsp3) is 0.435. The van der Waals surface area contributed by atoms with Crippen LogP contribution in [0.15, 0.2) is 65.4 Å². The SMILES string of the molecule is COC(=O)N=P(c1ccccc1)(c1ccccc1)[C@@H](C)[C@@H](O)C1CCCCC1. The summed E-state index contributed by atoms with van der Waals surface area (Å²) in [7, 11) is -1.23. The normalized spacial score (nSPS) is 17.5. The van der Waals surface area contributed by atoms with Crippen molar-refractivity contribution in [1.82, 2.24) is 0 Å². The molecule has 1 fully saturated rings. The third-order valence-electron chi connectivity index (χ3n) is 5.93. The summed E-state index contributed by atoms with van der Waals surface area (Å²) in [5.41, 5.74) is -0.181. The van der Waals surface area contributed by atoms with E-state index in [0.717, 1.165) is 36.3 Å². The van der Waals surface area contributed by atoms with Crippen molar-refractivity contribution < 1.29 is 14.6 Å². The number of benzene rings is 2. The van der Waals surface area contributed by atoms with Crippen molar-refractivity contribution in [3.05, 3.63) is 60.7 Å². The van der Waals surface area contributed by atoms with Gasteiger partial charge in [-0.15, -0.1) is 0 Å². The molecule has 0 aliphatic heterocycles. The summed E-state index contributed by atoms with van der Waals surface area (Å²) >= 11 is 0. The largest absolute Gasteiger partial charge is 0.451 e. The number of aliphatic hydroxyl groups is 1. The van der Waals surface area contributed by atoms with Crippen LogP contribution in [0.2, 0.25) is 0 Å². The molecule has 1 amide bonds. The topological polar surface area (TPSA) is 58.9 Å². The highest BCUT2D eigenvalue weighted by molar-refractivity contribution is 7.81. The third-order valence-corrected chi connectivity index (χ3v) is 10.1. The molecule has 2 aromatic rings. The number of amides is 1. The fourth-order valence-electron chi connectivity index (χ4n) is 4.40. The Labute approximate surface area is 168 Å². The molecule has 0 spiro atoms. The lowest BCUT2D eigenvalue weighted by atomic mass is 9.84. The van der Waals surface area contributed by atoms with Gasteiger partial charge >= 0.3 is 6.09 Å². The van der Waals surface area contributed by atoms with Gasteiger partial charge in [0.25, 0.3) is 0 Å². The molecule has 28 heavy (non-hydrogen) atoms. The first-order valence-electron chi connectivity index (χ1n) is 10.1. The van der Waals surface area contributed by atoms with Crippen molar-refractivity contribution in [2.24, 2.45) is 10.7 Å². The van der Waals surface area contributed by atoms with Crippen LogP contribution in [0.1, 0.15) is 39.0 Å². The van der Waals surface area contributed by atoms with Crippen molar-refractivity contribution in [2.75, 3.05) is 7.11 Å². The second kappa shape index (κ2) is 9.54. The molecule has 0 saturated heterocycles. The Morgan fingerprint density at radius 3 is 1.96 bits per heavy atom.